The monoisotopic (exact) mass is 267 g/mol. The lowest BCUT2D eigenvalue weighted by Crippen LogP contribution is -2.34. The first-order chi connectivity index (χ1) is 8.42. The van der Waals surface area contributed by atoms with E-state index in [0.29, 0.717) is 0 Å². The van der Waals surface area contributed by atoms with Gasteiger partial charge in [-0.05, 0) is 62.6 Å². The molecule has 0 heterocycles. The number of hydrogen-bond donors (Lipinski definition) is 1. The largest absolute Gasteiger partial charge is 0.495 e. The first kappa shape index (κ1) is 13.7. The van der Waals surface area contributed by atoms with Crippen LogP contribution >= 0.6 is 11.6 Å². The van der Waals surface area contributed by atoms with Crippen LogP contribution in [0.25, 0.3) is 0 Å². The summed E-state index contributed by atoms with van der Waals surface area (Å²) in [4.78, 5) is 0. The van der Waals surface area contributed by atoms with E-state index in [0.717, 1.165) is 35.6 Å². The first-order valence-corrected chi connectivity index (χ1v) is 6.96. The summed E-state index contributed by atoms with van der Waals surface area (Å²) in [5.41, 5.74) is 9.66. The Kier molecular flexibility index (Phi) is 3.88. The van der Waals surface area contributed by atoms with E-state index >= 15 is 0 Å². The summed E-state index contributed by atoms with van der Waals surface area (Å²) in [5, 5.41) is 0.800. The van der Waals surface area contributed by atoms with E-state index in [1.165, 1.54) is 24.0 Å². The van der Waals surface area contributed by atoms with Gasteiger partial charge in [0, 0.05) is 5.54 Å². The maximum absolute atomic E-state index is 6.50. The van der Waals surface area contributed by atoms with E-state index in [1.54, 1.807) is 7.11 Å². The maximum Gasteiger partial charge on any atom is 0.141 e. The zero-order chi connectivity index (χ0) is 13.3. The summed E-state index contributed by atoms with van der Waals surface area (Å²) in [6.45, 7) is 4.06. The summed E-state index contributed by atoms with van der Waals surface area (Å²) in [5.74, 6) is 0.816. The quantitative estimate of drug-likeness (QED) is 0.910. The molecule has 1 aliphatic rings. The van der Waals surface area contributed by atoms with Crippen LogP contribution in [0.5, 0.6) is 5.75 Å². The van der Waals surface area contributed by atoms with Crippen LogP contribution in [-0.4, -0.2) is 12.6 Å². The highest BCUT2D eigenvalue weighted by atomic mass is 35.5. The fourth-order valence-corrected chi connectivity index (χ4v) is 3.15. The van der Waals surface area contributed by atoms with E-state index in [2.05, 4.69) is 6.07 Å². The number of halogens is 1. The van der Waals surface area contributed by atoms with Gasteiger partial charge in [0.2, 0.25) is 0 Å². The molecule has 0 amide bonds. The topological polar surface area (TPSA) is 35.2 Å². The third kappa shape index (κ3) is 2.81. The Morgan fingerprint density at radius 3 is 2.61 bits per heavy atom. The highest BCUT2D eigenvalue weighted by Crippen LogP contribution is 2.39. The molecule has 0 fully saturated rings. The maximum atomic E-state index is 6.50. The van der Waals surface area contributed by atoms with Crippen molar-refractivity contribution >= 4 is 11.6 Å². The van der Waals surface area contributed by atoms with Gasteiger partial charge in [0.1, 0.15) is 5.75 Å². The van der Waals surface area contributed by atoms with Gasteiger partial charge >= 0.3 is 0 Å². The smallest absolute Gasteiger partial charge is 0.141 e. The Labute approximate surface area is 114 Å². The van der Waals surface area contributed by atoms with E-state index < -0.39 is 0 Å². The predicted octanol–water partition coefficient (Wildman–Crippen LogP) is 3.51. The van der Waals surface area contributed by atoms with Crippen LogP contribution in [-0.2, 0) is 19.3 Å². The van der Waals surface area contributed by atoms with E-state index in [1.807, 2.05) is 13.8 Å². The summed E-state index contributed by atoms with van der Waals surface area (Å²) in [6.07, 6.45) is 5.44. The van der Waals surface area contributed by atoms with Crippen molar-refractivity contribution in [3.05, 3.63) is 27.8 Å². The summed E-state index contributed by atoms with van der Waals surface area (Å²) >= 11 is 6.50. The number of aryl methyl sites for hydroxylation is 1. The zero-order valence-electron chi connectivity index (χ0n) is 11.5. The molecule has 0 saturated heterocycles. The van der Waals surface area contributed by atoms with Crippen molar-refractivity contribution in [2.45, 2.75) is 51.5 Å². The fourth-order valence-electron chi connectivity index (χ4n) is 2.74. The lowest BCUT2D eigenvalue weighted by atomic mass is 9.87. The van der Waals surface area contributed by atoms with Crippen LogP contribution in [0.2, 0.25) is 5.02 Å². The Balaban J connectivity index is 2.48. The molecule has 2 nitrogen and oxygen atoms in total. The molecule has 0 radical (unpaired) electrons. The molecular formula is C15H22ClNO. The molecule has 0 aliphatic heterocycles. The van der Waals surface area contributed by atoms with Gasteiger partial charge in [-0.1, -0.05) is 17.7 Å². The summed E-state index contributed by atoms with van der Waals surface area (Å²) < 4.78 is 5.50. The fraction of sp³-hybridized carbons (Fsp3) is 0.600. The van der Waals surface area contributed by atoms with Gasteiger partial charge in [0.25, 0.3) is 0 Å². The molecule has 18 heavy (non-hydrogen) atoms. The average molecular weight is 268 g/mol. The van der Waals surface area contributed by atoms with Crippen LogP contribution in [0.15, 0.2) is 6.07 Å². The van der Waals surface area contributed by atoms with Crippen molar-refractivity contribution in [2.24, 2.45) is 5.73 Å². The first-order valence-electron chi connectivity index (χ1n) is 6.58. The van der Waals surface area contributed by atoms with Crippen LogP contribution < -0.4 is 10.5 Å². The molecule has 3 heteroatoms. The number of methoxy groups -OCH3 is 1. The number of fused-ring (bicyclic) bond motifs is 1. The molecule has 0 spiro atoms. The van der Waals surface area contributed by atoms with Crippen LogP contribution in [0.1, 0.15) is 43.4 Å². The van der Waals surface area contributed by atoms with Gasteiger partial charge in [-0.2, -0.15) is 0 Å². The minimum Gasteiger partial charge on any atom is -0.495 e. The number of benzene rings is 1. The zero-order valence-corrected chi connectivity index (χ0v) is 12.2. The second-order valence-corrected chi connectivity index (χ2v) is 6.27. The van der Waals surface area contributed by atoms with Crippen molar-refractivity contribution in [2.75, 3.05) is 7.11 Å². The average Bonchev–Trinajstić information content (AvgIpc) is 2.27. The normalized spacial score (nSPS) is 15.4. The van der Waals surface area contributed by atoms with Gasteiger partial charge in [0.05, 0.1) is 12.1 Å². The highest BCUT2D eigenvalue weighted by Gasteiger charge is 2.22. The minimum atomic E-state index is -0.250. The molecular weight excluding hydrogens is 246 g/mol. The van der Waals surface area contributed by atoms with E-state index in [-0.39, 0.29) is 5.54 Å². The molecule has 1 aliphatic carbocycles. The van der Waals surface area contributed by atoms with Gasteiger partial charge in [-0.15, -0.1) is 0 Å². The van der Waals surface area contributed by atoms with Crippen molar-refractivity contribution in [1.82, 2.24) is 0 Å². The molecule has 1 aromatic rings. The molecule has 1 aromatic carbocycles. The standard InChI is InChI=1S/C15H22ClNO/c1-15(2,17)9-11-8-10-6-4-5-7-12(10)13(16)14(11)18-3/h8H,4-7,9,17H2,1-3H3. The summed E-state index contributed by atoms with van der Waals surface area (Å²) in [6, 6.07) is 2.24. The number of rotatable bonds is 3. The van der Waals surface area contributed by atoms with Gasteiger partial charge in [0.15, 0.2) is 0 Å². The molecule has 0 aromatic heterocycles. The van der Waals surface area contributed by atoms with Crippen molar-refractivity contribution in [3.63, 3.8) is 0 Å². The lowest BCUT2D eigenvalue weighted by molar-refractivity contribution is 0.401. The second kappa shape index (κ2) is 5.10. The molecule has 0 saturated carbocycles. The van der Waals surface area contributed by atoms with Crippen LogP contribution in [0.3, 0.4) is 0 Å². The molecule has 0 atom stereocenters. The minimum absolute atomic E-state index is 0.250. The Morgan fingerprint density at radius 1 is 1.33 bits per heavy atom. The third-order valence-electron chi connectivity index (χ3n) is 3.47. The third-order valence-corrected chi connectivity index (χ3v) is 3.86. The Bertz CT molecular complexity index is 449. The lowest BCUT2D eigenvalue weighted by Gasteiger charge is -2.25. The SMILES string of the molecule is COc1c(CC(C)(C)N)cc2c(c1Cl)CCCC2. The van der Waals surface area contributed by atoms with Gasteiger partial charge < -0.3 is 10.5 Å². The Hall–Kier alpha value is -0.730. The molecule has 2 rings (SSSR count). The Morgan fingerprint density at radius 2 is 2.00 bits per heavy atom. The number of ether oxygens (including phenoxy) is 1. The highest BCUT2D eigenvalue weighted by molar-refractivity contribution is 6.33. The van der Waals surface area contributed by atoms with Crippen LogP contribution in [0.4, 0.5) is 0 Å². The van der Waals surface area contributed by atoms with E-state index in [4.69, 9.17) is 22.1 Å². The molecule has 0 bridgehead atoms. The predicted molar refractivity (Wildman–Crippen MR) is 76.6 cm³/mol. The number of nitrogens with two attached hydrogens (primary N) is 1. The van der Waals surface area contributed by atoms with Crippen LogP contribution in [0, 0.1) is 0 Å². The molecule has 0 unspecified atom stereocenters. The molecule has 100 valence electrons. The van der Waals surface area contributed by atoms with Crippen molar-refractivity contribution in [1.29, 1.82) is 0 Å². The second-order valence-electron chi connectivity index (χ2n) is 5.89. The van der Waals surface area contributed by atoms with Crippen molar-refractivity contribution < 1.29 is 4.74 Å². The summed E-state index contributed by atoms with van der Waals surface area (Å²) in [7, 11) is 1.68. The molecule has 2 N–H and O–H groups in total. The van der Waals surface area contributed by atoms with Gasteiger partial charge in [-0.3, -0.25) is 0 Å². The van der Waals surface area contributed by atoms with Gasteiger partial charge in [-0.25, -0.2) is 0 Å². The van der Waals surface area contributed by atoms with E-state index in [9.17, 15) is 0 Å². The van der Waals surface area contributed by atoms with Crippen molar-refractivity contribution in [3.8, 4) is 5.75 Å². The number of hydrogen-bond acceptors (Lipinski definition) is 2.